The summed E-state index contributed by atoms with van der Waals surface area (Å²) in [5.74, 6) is -0.324. The van der Waals surface area contributed by atoms with Crippen molar-refractivity contribution in [3.63, 3.8) is 0 Å². The van der Waals surface area contributed by atoms with Crippen molar-refractivity contribution in [2.24, 2.45) is 0 Å². The van der Waals surface area contributed by atoms with Gasteiger partial charge < -0.3 is 15.2 Å². The van der Waals surface area contributed by atoms with Crippen LogP contribution in [0.15, 0.2) is 42.5 Å². The average molecular weight is 285 g/mol. The van der Waals surface area contributed by atoms with Crippen molar-refractivity contribution in [2.75, 3.05) is 12.4 Å². The summed E-state index contributed by atoms with van der Waals surface area (Å²) in [5, 5.41) is 12.4. The molecule has 0 radical (unpaired) electrons. The second kappa shape index (κ2) is 6.79. The molecule has 0 aliphatic heterocycles. The molecule has 4 nitrogen and oxygen atoms in total. The Morgan fingerprint density at radius 1 is 1.19 bits per heavy atom. The number of hydrogen-bond donors (Lipinski definition) is 2. The molecule has 2 aromatic rings. The number of rotatable bonds is 6. The van der Waals surface area contributed by atoms with E-state index in [0.717, 1.165) is 6.42 Å². The number of aromatic carboxylic acids is 1. The van der Waals surface area contributed by atoms with Gasteiger partial charge in [-0.25, -0.2) is 4.79 Å². The number of carbonyl (C=O) groups is 1. The SMILES string of the molecule is CCc1ccccc1CNc1cc(OC)ccc1C(=O)O. The molecule has 4 heteroatoms. The maximum atomic E-state index is 11.3. The van der Waals surface area contributed by atoms with E-state index in [1.807, 2.05) is 18.2 Å². The highest BCUT2D eigenvalue weighted by Crippen LogP contribution is 2.23. The van der Waals surface area contributed by atoms with Gasteiger partial charge in [0, 0.05) is 12.6 Å². The van der Waals surface area contributed by atoms with Crippen molar-refractivity contribution in [1.29, 1.82) is 0 Å². The standard InChI is InChI=1S/C17H19NO3/c1-3-12-6-4-5-7-13(12)11-18-16-10-14(21-2)8-9-15(16)17(19)20/h4-10,18H,3,11H2,1-2H3,(H,19,20). The molecule has 2 rings (SSSR count). The van der Waals surface area contributed by atoms with Crippen LogP contribution < -0.4 is 10.1 Å². The Morgan fingerprint density at radius 2 is 1.90 bits per heavy atom. The number of carboxylic acid groups (broad SMARTS) is 1. The van der Waals surface area contributed by atoms with Gasteiger partial charge in [-0.2, -0.15) is 0 Å². The molecule has 0 saturated heterocycles. The Bertz CT molecular complexity index is 638. The zero-order valence-electron chi connectivity index (χ0n) is 12.2. The third kappa shape index (κ3) is 3.54. The third-order valence-corrected chi connectivity index (χ3v) is 3.43. The summed E-state index contributed by atoms with van der Waals surface area (Å²) < 4.78 is 5.15. The highest BCUT2D eigenvalue weighted by atomic mass is 16.5. The first-order chi connectivity index (χ1) is 10.2. The molecule has 110 valence electrons. The van der Waals surface area contributed by atoms with E-state index in [-0.39, 0.29) is 5.56 Å². The maximum Gasteiger partial charge on any atom is 0.337 e. The molecule has 0 saturated carbocycles. The normalized spacial score (nSPS) is 10.2. The molecule has 0 spiro atoms. The van der Waals surface area contributed by atoms with E-state index < -0.39 is 5.97 Å². The predicted molar refractivity (Wildman–Crippen MR) is 83.1 cm³/mol. The molecule has 0 fully saturated rings. The first-order valence-electron chi connectivity index (χ1n) is 6.87. The van der Waals surface area contributed by atoms with Gasteiger partial charge in [0.2, 0.25) is 0 Å². The van der Waals surface area contributed by atoms with Gasteiger partial charge in [0.15, 0.2) is 0 Å². The Labute approximate surface area is 124 Å². The number of methoxy groups -OCH3 is 1. The van der Waals surface area contributed by atoms with E-state index >= 15 is 0 Å². The maximum absolute atomic E-state index is 11.3. The van der Waals surface area contributed by atoms with E-state index in [4.69, 9.17) is 4.74 Å². The van der Waals surface area contributed by atoms with Crippen molar-refractivity contribution < 1.29 is 14.6 Å². The van der Waals surface area contributed by atoms with Crippen LogP contribution in [0.3, 0.4) is 0 Å². The number of aryl methyl sites for hydroxylation is 1. The van der Waals surface area contributed by atoms with Gasteiger partial charge in [-0.1, -0.05) is 31.2 Å². The zero-order chi connectivity index (χ0) is 15.2. The van der Waals surface area contributed by atoms with E-state index in [1.165, 1.54) is 11.1 Å². The van der Waals surface area contributed by atoms with E-state index in [0.29, 0.717) is 18.0 Å². The van der Waals surface area contributed by atoms with Crippen LogP contribution in [0.4, 0.5) is 5.69 Å². The topological polar surface area (TPSA) is 58.6 Å². The Hall–Kier alpha value is -2.49. The summed E-state index contributed by atoms with van der Waals surface area (Å²) in [4.78, 5) is 11.3. The third-order valence-electron chi connectivity index (χ3n) is 3.43. The van der Waals surface area contributed by atoms with Gasteiger partial charge in [0.1, 0.15) is 5.75 Å². The zero-order valence-corrected chi connectivity index (χ0v) is 12.2. The molecule has 0 amide bonds. The smallest absolute Gasteiger partial charge is 0.337 e. The van der Waals surface area contributed by atoms with Crippen LogP contribution in [-0.2, 0) is 13.0 Å². The fourth-order valence-corrected chi connectivity index (χ4v) is 2.25. The van der Waals surface area contributed by atoms with Crippen LogP contribution in [0, 0.1) is 0 Å². The van der Waals surface area contributed by atoms with Crippen molar-refractivity contribution in [3.8, 4) is 5.75 Å². The monoisotopic (exact) mass is 285 g/mol. The van der Waals surface area contributed by atoms with Crippen LogP contribution >= 0.6 is 0 Å². The predicted octanol–water partition coefficient (Wildman–Crippen LogP) is 3.57. The van der Waals surface area contributed by atoms with Crippen molar-refractivity contribution in [1.82, 2.24) is 0 Å². The highest BCUT2D eigenvalue weighted by molar-refractivity contribution is 5.94. The number of anilines is 1. The van der Waals surface area contributed by atoms with Crippen molar-refractivity contribution in [3.05, 3.63) is 59.2 Å². The van der Waals surface area contributed by atoms with Gasteiger partial charge >= 0.3 is 5.97 Å². The van der Waals surface area contributed by atoms with Crippen molar-refractivity contribution >= 4 is 11.7 Å². The van der Waals surface area contributed by atoms with Gasteiger partial charge in [-0.05, 0) is 29.7 Å². The molecular formula is C17H19NO3. The van der Waals surface area contributed by atoms with Gasteiger partial charge in [-0.3, -0.25) is 0 Å². The Balaban J connectivity index is 2.24. The molecule has 0 bridgehead atoms. The van der Waals surface area contributed by atoms with E-state index in [9.17, 15) is 9.90 Å². The minimum absolute atomic E-state index is 0.241. The lowest BCUT2D eigenvalue weighted by Crippen LogP contribution is -2.08. The second-order valence-electron chi connectivity index (χ2n) is 4.69. The van der Waals surface area contributed by atoms with E-state index in [2.05, 4.69) is 18.3 Å². The first kappa shape index (κ1) is 14.9. The van der Waals surface area contributed by atoms with Crippen LogP contribution in [-0.4, -0.2) is 18.2 Å². The molecule has 0 unspecified atom stereocenters. The molecule has 2 aromatic carbocycles. The summed E-state index contributed by atoms with van der Waals surface area (Å²) in [7, 11) is 1.56. The van der Waals surface area contributed by atoms with Gasteiger partial charge in [0.05, 0.1) is 18.4 Å². The molecule has 0 atom stereocenters. The fraction of sp³-hybridized carbons (Fsp3) is 0.235. The lowest BCUT2D eigenvalue weighted by Gasteiger charge is -2.13. The van der Waals surface area contributed by atoms with Crippen molar-refractivity contribution in [2.45, 2.75) is 19.9 Å². The molecule has 0 heterocycles. The molecular weight excluding hydrogens is 266 g/mol. The number of hydrogen-bond acceptors (Lipinski definition) is 3. The average Bonchev–Trinajstić information content (AvgIpc) is 2.52. The molecule has 21 heavy (non-hydrogen) atoms. The van der Waals surface area contributed by atoms with Crippen LogP contribution in [0.1, 0.15) is 28.4 Å². The number of carboxylic acids is 1. The molecule has 0 aromatic heterocycles. The minimum Gasteiger partial charge on any atom is -0.497 e. The first-order valence-corrected chi connectivity index (χ1v) is 6.87. The van der Waals surface area contributed by atoms with Gasteiger partial charge in [0.25, 0.3) is 0 Å². The summed E-state index contributed by atoms with van der Waals surface area (Å²) in [6, 6.07) is 13.0. The second-order valence-corrected chi connectivity index (χ2v) is 4.69. The molecule has 0 aliphatic carbocycles. The van der Waals surface area contributed by atoms with Crippen LogP contribution in [0.5, 0.6) is 5.75 Å². The lowest BCUT2D eigenvalue weighted by molar-refractivity contribution is 0.0698. The molecule has 0 aliphatic rings. The van der Waals surface area contributed by atoms with E-state index in [1.54, 1.807) is 25.3 Å². The quantitative estimate of drug-likeness (QED) is 0.852. The lowest BCUT2D eigenvalue weighted by atomic mass is 10.0. The summed E-state index contributed by atoms with van der Waals surface area (Å²) in [6.07, 6.45) is 0.946. The minimum atomic E-state index is -0.955. The van der Waals surface area contributed by atoms with Gasteiger partial charge in [-0.15, -0.1) is 0 Å². The summed E-state index contributed by atoms with van der Waals surface area (Å²) in [6.45, 7) is 2.69. The largest absolute Gasteiger partial charge is 0.497 e. The summed E-state index contributed by atoms with van der Waals surface area (Å²) in [5.41, 5.74) is 3.22. The number of nitrogens with one attached hydrogen (secondary N) is 1. The number of ether oxygens (including phenoxy) is 1. The Kier molecular flexibility index (Phi) is 4.82. The van der Waals surface area contributed by atoms with Crippen LogP contribution in [0.2, 0.25) is 0 Å². The number of benzene rings is 2. The summed E-state index contributed by atoms with van der Waals surface area (Å²) >= 11 is 0. The fourth-order valence-electron chi connectivity index (χ4n) is 2.25. The highest BCUT2D eigenvalue weighted by Gasteiger charge is 2.11. The van der Waals surface area contributed by atoms with Crippen LogP contribution in [0.25, 0.3) is 0 Å². The molecule has 2 N–H and O–H groups in total. The Morgan fingerprint density at radius 3 is 2.52 bits per heavy atom.